The highest BCUT2D eigenvalue weighted by molar-refractivity contribution is 7.99. The van der Waals surface area contributed by atoms with E-state index in [1.807, 2.05) is 11.8 Å². The summed E-state index contributed by atoms with van der Waals surface area (Å²) in [6.45, 7) is 3.67. The van der Waals surface area contributed by atoms with Crippen molar-refractivity contribution in [1.82, 2.24) is 20.4 Å². The molecule has 3 aromatic rings. The summed E-state index contributed by atoms with van der Waals surface area (Å²) >= 11 is 1.82. The van der Waals surface area contributed by atoms with Gasteiger partial charge in [0, 0.05) is 62.2 Å². The maximum Gasteiger partial charge on any atom is 0.290 e. The SMILES string of the molecule is O=C(N[C@H]1CCC[C@@H]1Nc1nc(N2CCN(c3ccccc3)CC2)nc2c1SCC2)c1ccno1. The Kier molecular flexibility index (Phi) is 6.20. The number of piperazine rings is 1. The van der Waals surface area contributed by atoms with E-state index < -0.39 is 0 Å². The topological polar surface area (TPSA) is 99.4 Å². The number of para-hydroxylation sites is 1. The van der Waals surface area contributed by atoms with E-state index in [1.165, 1.54) is 11.9 Å². The molecule has 0 unspecified atom stereocenters. The maximum atomic E-state index is 12.5. The quantitative estimate of drug-likeness (QED) is 0.538. The Morgan fingerprint density at radius 2 is 1.80 bits per heavy atom. The van der Waals surface area contributed by atoms with Crippen LogP contribution in [0.5, 0.6) is 0 Å². The summed E-state index contributed by atoms with van der Waals surface area (Å²) in [7, 11) is 0. The number of aryl methyl sites for hydroxylation is 1. The highest BCUT2D eigenvalue weighted by atomic mass is 32.2. The third-order valence-electron chi connectivity index (χ3n) is 7.01. The lowest BCUT2D eigenvalue weighted by Crippen LogP contribution is -2.47. The summed E-state index contributed by atoms with van der Waals surface area (Å²) in [6, 6.07) is 12.3. The second kappa shape index (κ2) is 9.77. The zero-order valence-electron chi connectivity index (χ0n) is 19.5. The van der Waals surface area contributed by atoms with Gasteiger partial charge in [0.1, 0.15) is 5.82 Å². The number of nitrogens with one attached hydrogen (secondary N) is 2. The minimum absolute atomic E-state index is 0.0162. The van der Waals surface area contributed by atoms with Crippen molar-refractivity contribution in [2.75, 3.05) is 47.0 Å². The van der Waals surface area contributed by atoms with Crippen LogP contribution in [-0.2, 0) is 6.42 Å². The number of anilines is 3. The van der Waals surface area contributed by atoms with Crippen LogP contribution < -0.4 is 20.4 Å². The first kappa shape index (κ1) is 22.2. The summed E-state index contributed by atoms with van der Waals surface area (Å²) in [5, 5.41) is 10.4. The van der Waals surface area contributed by atoms with Gasteiger partial charge in [-0.1, -0.05) is 23.4 Å². The van der Waals surface area contributed by atoms with Gasteiger partial charge in [-0.15, -0.1) is 11.8 Å². The number of hydrogen-bond donors (Lipinski definition) is 2. The van der Waals surface area contributed by atoms with E-state index in [0.717, 1.165) is 80.0 Å². The Labute approximate surface area is 208 Å². The van der Waals surface area contributed by atoms with Crippen molar-refractivity contribution in [3.63, 3.8) is 0 Å². The van der Waals surface area contributed by atoms with E-state index in [2.05, 4.69) is 55.9 Å². The Bertz CT molecular complexity index is 1170. The average Bonchev–Trinajstić information content (AvgIpc) is 3.67. The lowest BCUT2D eigenvalue weighted by atomic mass is 10.1. The van der Waals surface area contributed by atoms with Crippen molar-refractivity contribution in [3.05, 3.63) is 54.0 Å². The summed E-state index contributed by atoms with van der Waals surface area (Å²) in [5.41, 5.74) is 2.40. The van der Waals surface area contributed by atoms with Crippen molar-refractivity contribution >= 4 is 35.1 Å². The first-order valence-corrected chi connectivity index (χ1v) is 13.3. The van der Waals surface area contributed by atoms with Crippen LogP contribution in [0.1, 0.15) is 35.5 Å². The van der Waals surface area contributed by atoms with Gasteiger partial charge in [-0.3, -0.25) is 4.79 Å². The van der Waals surface area contributed by atoms with Crippen molar-refractivity contribution in [3.8, 4) is 0 Å². The molecule has 1 saturated heterocycles. The molecule has 2 aromatic heterocycles. The number of nitrogens with zero attached hydrogens (tertiary/aromatic N) is 5. The molecule has 182 valence electrons. The largest absolute Gasteiger partial charge is 0.368 e. The number of benzene rings is 1. The Hall–Kier alpha value is -3.27. The third-order valence-corrected chi connectivity index (χ3v) is 8.14. The van der Waals surface area contributed by atoms with Crippen molar-refractivity contribution in [2.24, 2.45) is 0 Å². The lowest BCUT2D eigenvalue weighted by molar-refractivity contribution is 0.0898. The van der Waals surface area contributed by atoms with Crippen LogP contribution in [0.15, 0.2) is 52.0 Å². The van der Waals surface area contributed by atoms with Gasteiger partial charge in [0.05, 0.1) is 16.8 Å². The molecule has 2 aliphatic heterocycles. The van der Waals surface area contributed by atoms with Crippen molar-refractivity contribution in [2.45, 2.75) is 42.7 Å². The van der Waals surface area contributed by atoms with Crippen molar-refractivity contribution in [1.29, 1.82) is 0 Å². The average molecular weight is 492 g/mol. The van der Waals surface area contributed by atoms with Crippen LogP contribution in [0.2, 0.25) is 0 Å². The van der Waals surface area contributed by atoms with Crippen LogP contribution in [-0.4, -0.2) is 65.0 Å². The van der Waals surface area contributed by atoms with Gasteiger partial charge in [-0.2, -0.15) is 4.98 Å². The number of fused-ring (bicyclic) bond motifs is 1. The molecule has 3 aliphatic rings. The van der Waals surface area contributed by atoms with E-state index in [1.54, 1.807) is 6.07 Å². The number of hydrogen-bond acceptors (Lipinski definition) is 9. The van der Waals surface area contributed by atoms with E-state index in [-0.39, 0.29) is 23.8 Å². The Morgan fingerprint density at radius 1 is 1.00 bits per heavy atom. The van der Waals surface area contributed by atoms with Crippen LogP contribution in [0.4, 0.5) is 17.5 Å². The molecule has 2 fully saturated rings. The van der Waals surface area contributed by atoms with E-state index in [4.69, 9.17) is 14.5 Å². The zero-order valence-corrected chi connectivity index (χ0v) is 20.3. The van der Waals surface area contributed by atoms with Crippen LogP contribution in [0, 0.1) is 0 Å². The molecule has 1 saturated carbocycles. The van der Waals surface area contributed by atoms with Crippen LogP contribution in [0.3, 0.4) is 0 Å². The first-order valence-electron chi connectivity index (χ1n) is 12.3. The number of amides is 1. The molecule has 0 radical (unpaired) electrons. The molecule has 2 atom stereocenters. The molecule has 0 bridgehead atoms. The summed E-state index contributed by atoms with van der Waals surface area (Å²) in [4.78, 5) is 28.4. The molecule has 4 heterocycles. The molecule has 1 aromatic carbocycles. The molecular weight excluding hydrogens is 462 g/mol. The lowest BCUT2D eigenvalue weighted by Gasteiger charge is -2.36. The number of thioether (sulfide) groups is 1. The van der Waals surface area contributed by atoms with Gasteiger partial charge in [0.2, 0.25) is 11.7 Å². The number of rotatable bonds is 6. The number of carbonyl (C=O) groups is 1. The summed E-state index contributed by atoms with van der Waals surface area (Å²) < 4.78 is 5.02. The monoisotopic (exact) mass is 491 g/mol. The smallest absolute Gasteiger partial charge is 0.290 e. The fourth-order valence-corrected chi connectivity index (χ4v) is 6.21. The van der Waals surface area contributed by atoms with Crippen molar-refractivity contribution < 1.29 is 9.32 Å². The molecular formula is C25H29N7O2S. The van der Waals surface area contributed by atoms with Crippen LogP contribution in [0.25, 0.3) is 0 Å². The summed E-state index contributed by atoms with van der Waals surface area (Å²) in [6.07, 6.45) is 5.41. The standard InChI is InChI=1S/C25H29N7O2S/c33-24(21-9-11-26-34-21)28-19-8-4-7-18(19)27-23-22-20(10-16-35-22)29-25(30-23)32-14-12-31(13-15-32)17-5-2-1-3-6-17/h1-3,5-6,9,11,18-19H,4,7-8,10,12-16H2,(H,28,33)(H,27,29,30)/t18-,19-/m0/s1. The molecule has 10 heteroatoms. The zero-order chi connectivity index (χ0) is 23.6. The second-order valence-corrected chi connectivity index (χ2v) is 10.3. The molecule has 1 amide bonds. The molecule has 6 rings (SSSR count). The van der Waals surface area contributed by atoms with E-state index in [9.17, 15) is 4.79 Å². The Morgan fingerprint density at radius 3 is 2.60 bits per heavy atom. The predicted molar refractivity (Wildman–Crippen MR) is 136 cm³/mol. The van der Waals surface area contributed by atoms with Crippen LogP contribution >= 0.6 is 11.8 Å². The molecule has 1 aliphatic carbocycles. The Balaban J connectivity index is 1.17. The minimum atomic E-state index is -0.222. The highest BCUT2D eigenvalue weighted by Crippen LogP contribution is 2.38. The normalized spacial score (nSPS) is 21.7. The maximum absolute atomic E-state index is 12.5. The molecule has 0 spiro atoms. The second-order valence-electron chi connectivity index (χ2n) is 9.19. The van der Waals surface area contributed by atoms with Gasteiger partial charge in [0.15, 0.2) is 0 Å². The molecule has 9 nitrogen and oxygen atoms in total. The number of aromatic nitrogens is 3. The fraction of sp³-hybridized carbons (Fsp3) is 0.440. The summed E-state index contributed by atoms with van der Waals surface area (Å²) in [5.74, 6) is 2.76. The van der Waals surface area contributed by atoms with E-state index in [0.29, 0.717) is 0 Å². The van der Waals surface area contributed by atoms with Gasteiger partial charge in [-0.05, 0) is 31.4 Å². The molecule has 2 N–H and O–H groups in total. The third kappa shape index (κ3) is 4.67. The van der Waals surface area contributed by atoms with Gasteiger partial charge >= 0.3 is 0 Å². The first-order chi connectivity index (χ1) is 17.2. The van der Waals surface area contributed by atoms with Gasteiger partial charge in [0.25, 0.3) is 5.91 Å². The number of carbonyl (C=O) groups excluding carboxylic acids is 1. The predicted octanol–water partition coefficient (Wildman–Crippen LogP) is 3.20. The fourth-order valence-electron chi connectivity index (χ4n) is 5.15. The molecule has 35 heavy (non-hydrogen) atoms. The van der Waals surface area contributed by atoms with E-state index >= 15 is 0 Å². The highest BCUT2D eigenvalue weighted by Gasteiger charge is 2.32. The van der Waals surface area contributed by atoms with Gasteiger partial charge < -0.3 is 25.0 Å². The van der Waals surface area contributed by atoms with Gasteiger partial charge in [-0.25, -0.2) is 4.98 Å². The minimum Gasteiger partial charge on any atom is -0.368 e.